The molecule has 1 saturated heterocycles. The topological polar surface area (TPSA) is 66.6 Å². The summed E-state index contributed by atoms with van der Waals surface area (Å²) in [5.74, 6) is 0.701. The van der Waals surface area contributed by atoms with Gasteiger partial charge in [-0.05, 0) is 18.8 Å². The zero-order valence-corrected chi connectivity index (χ0v) is 13.4. The molecule has 0 aromatic heterocycles. The highest BCUT2D eigenvalue weighted by atomic mass is 32.2. The summed E-state index contributed by atoms with van der Waals surface area (Å²) in [6.07, 6.45) is 9.23. The van der Waals surface area contributed by atoms with Crippen LogP contribution in [0.5, 0.6) is 0 Å². The zero-order chi connectivity index (χ0) is 14.6. The average molecular weight is 303 g/mol. The molecule has 1 aliphatic carbocycles. The van der Waals surface area contributed by atoms with Gasteiger partial charge in [-0.2, -0.15) is 4.31 Å². The van der Waals surface area contributed by atoms with Crippen molar-refractivity contribution in [1.82, 2.24) is 9.21 Å². The van der Waals surface area contributed by atoms with Gasteiger partial charge in [0.15, 0.2) is 0 Å². The second-order valence-electron chi connectivity index (χ2n) is 6.25. The van der Waals surface area contributed by atoms with E-state index >= 15 is 0 Å². The van der Waals surface area contributed by atoms with Crippen molar-refractivity contribution in [1.29, 1.82) is 0 Å². The fourth-order valence-corrected chi connectivity index (χ4v) is 4.53. The number of rotatable bonds is 4. The maximum Gasteiger partial charge on any atom is 0.211 e. The third-order valence-electron chi connectivity index (χ3n) is 4.90. The molecule has 0 amide bonds. The Morgan fingerprint density at radius 3 is 2.05 bits per heavy atom. The van der Waals surface area contributed by atoms with E-state index in [9.17, 15) is 8.42 Å². The zero-order valence-electron chi connectivity index (χ0n) is 12.6. The molecule has 20 heavy (non-hydrogen) atoms. The number of nitrogens with zero attached hydrogens (tertiary/aromatic N) is 2. The van der Waals surface area contributed by atoms with Gasteiger partial charge in [0, 0.05) is 38.8 Å². The van der Waals surface area contributed by atoms with Gasteiger partial charge in [0.2, 0.25) is 10.0 Å². The van der Waals surface area contributed by atoms with E-state index in [1.165, 1.54) is 44.8 Å². The lowest BCUT2D eigenvalue weighted by Gasteiger charge is -2.41. The van der Waals surface area contributed by atoms with E-state index in [0.717, 1.165) is 13.1 Å². The van der Waals surface area contributed by atoms with Gasteiger partial charge >= 0.3 is 0 Å². The predicted molar refractivity (Wildman–Crippen MR) is 82.0 cm³/mol. The number of piperazine rings is 1. The Morgan fingerprint density at radius 2 is 1.60 bits per heavy atom. The van der Waals surface area contributed by atoms with E-state index in [4.69, 9.17) is 5.73 Å². The van der Waals surface area contributed by atoms with Crippen LogP contribution in [0.3, 0.4) is 0 Å². The fraction of sp³-hybridized carbons (Fsp3) is 1.00. The first-order valence-corrected chi connectivity index (χ1v) is 9.76. The summed E-state index contributed by atoms with van der Waals surface area (Å²) < 4.78 is 24.7. The molecule has 1 aliphatic heterocycles. The number of nitrogens with two attached hydrogens (primary N) is 1. The summed E-state index contributed by atoms with van der Waals surface area (Å²) in [5, 5.41) is 0. The van der Waals surface area contributed by atoms with Crippen molar-refractivity contribution in [3.63, 3.8) is 0 Å². The quantitative estimate of drug-likeness (QED) is 0.782. The van der Waals surface area contributed by atoms with Gasteiger partial charge in [0.1, 0.15) is 0 Å². The van der Waals surface area contributed by atoms with Crippen molar-refractivity contribution in [2.45, 2.75) is 44.6 Å². The largest absolute Gasteiger partial charge is 0.329 e. The van der Waals surface area contributed by atoms with Crippen molar-refractivity contribution in [2.24, 2.45) is 11.7 Å². The molecular formula is C14H29N3O2S. The first-order valence-electron chi connectivity index (χ1n) is 7.91. The molecule has 2 aliphatic rings. The van der Waals surface area contributed by atoms with Gasteiger partial charge in [0.25, 0.3) is 0 Å². The van der Waals surface area contributed by atoms with Crippen LogP contribution in [0.1, 0.15) is 38.5 Å². The summed E-state index contributed by atoms with van der Waals surface area (Å²) in [4.78, 5) is 2.43. The lowest BCUT2D eigenvalue weighted by molar-refractivity contribution is 0.0967. The molecular weight excluding hydrogens is 274 g/mol. The lowest BCUT2D eigenvalue weighted by atomic mass is 9.90. The lowest BCUT2D eigenvalue weighted by Crippen LogP contribution is -2.55. The summed E-state index contributed by atoms with van der Waals surface area (Å²) in [6, 6.07) is 0.440. The molecule has 0 bridgehead atoms. The predicted octanol–water partition coefficient (Wildman–Crippen LogP) is 0.861. The highest BCUT2D eigenvalue weighted by Crippen LogP contribution is 2.28. The Kier molecular flexibility index (Phi) is 5.84. The molecule has 0 spiro atoms. The Labute approximate surface area is 123 Å². The van der Waals surface area contributed by atoms with Crippen LogP contribution in [-0.2, 0) is 10.0 Å². The van der Waals surface area contributed by atoms with Crippen LogP contribution in [0.2, 0.25) is 0 Å². The summed E-state index contributed by atoms with van der Waals surface area (Å²) in [7, 11) is -3.04. The number of hydrogen-bond acceptors (Lipinski definition) is 4. The number of hydrogen-bond donors (Lipinski definition) is 1. The third-order valence-corrected chi connectivity index (χ3v) is 6.20. The van der Waals surface area contributed by atoms with Gasteiger partial charge in [-0.3, -0.25) is 4.90 Å². The number of sulfonamides is 1. The fourth-order valence-electron chi connectivity index (χ4n) is 3.70. The minimum atomic E-state index is -3.04. The normalized spacial score (nSPS) is 26.3. The van der Waals surface area contributed by atoms with E-state index in [1.54, 1.807) is 4.31 Å². The van der Waals surface area contributed by atoms with Gasteiger partial charge in [0.05, 0.1) is 6.26 Å². The average Bonchev–Trinajstić information content (AvgIpc) is 2.68. The van der Waals surface area contributed by atoms with Crippen LogP contribution in [0, 0.1) is 5.92 Å². The molecule has 1 saturated carbocycles. The van der Waals surface area contributed by atoms with Crippen LogP contribution in [0.4, 0.5) is 0 Å². The minimum Gasteiger partial charge on any atom is -0.329 e. The highest BCUT2D eigenvalue weighted by molar-refractivity contribution is 7.88. The van der Waals surface area contributed by atoms with Crippen LogP contribution >= 0.6 is 0 Å². The third kappa shape index (κ3) is 4.16. The molecule has 2 rings (SSSR count). The monoisotopic (exact) mass is 303 g/mol. The highest BCUT2D eigenvalue weighted by Gasteiger charge is 2.31. The van der Waals surface area contributed by atoms with Gasteiger partial charge in [-0.1, -0.05) is 25.7 Å². The molecule has 5 nitrogen and oxygen atoms in total. The van der Waals surface area contributed by atoms with Crippen molar-refractivity contribution in [2.75, 3.05) is 39.0 Å². The van der Waals surface area contributed by atoms with Crippen molar-refractivity contribution < 1.29 is 8.42 Å². The molecule has 2 fully saturated rings. The molecule has 1 atom stereocenters. The van der Waals surface area contributed by atoms with Crippen LogP contribution < -0.4 is 5.73 Å². The van der Waals surface area contributed by atoms with E-state index in [2.05, 4.69) is 4.90 Å². The van der Waals surface area contributed by atoms with E-state index < -0.39 is 10.0 Å². The first kappa shape index (κ1) is 16.2. The van der Waals surface area contributed by atoms with Crippen LogP contribution in [0.25, 0.3) is 0 Å². The van der Waals surface area contributed by atoms with Crippen LogP contribution in [0.15, 0.2) is 0 Å². The second-order valence-corrected chi connectivity index (χ2v) is 8.24. The summed E-state index contributed by atoms with van der Waals surface area (Å²) in [5.41, 5.74) is 6.03. The van der Waals surface area contributed by atoms with Crippen LogP contribution in [-0.4, -0.2) is 62.6 Å². The maximum atomic E-state index is 11.6. The molecule has 0 radical (unpaired) electrons. The van der Waals surface area contributed by atoms with Crippen molar-refractivity contribution >= 4 is 10.0 Å². The second kappa shape index (κ2) is 7.20. The maximum absolute atomic E-state index is 11.6. The Bertz CT molecular complexity index is 383. The van der Waals surface area contributed by atoms with Gasteiger partial charge in [-0.25, -0.2) is 8.42 Å². The molecule has 6 heteroatoms. The smallest absolute Gasteiger partial charge is 0.211 e. The van der Waals surface area contributed by atoms with Gasteiger partial charge < -0.3 is 5.73 Å². The van der Waals surface area contributed by atoms with E-state index in [0.29, 0.717) is 31.6 Å². The molecule has 0 aromatic rings. The molecule has 1 unspecified atom stereocenters. The van der Waals surface area contributed by atoms with Gasteiger partial charge in [-0.15, -0.1) is 0 Å². The van der Waals surface area contributed by atoms with Crippen molar-refractivity contribution in [3.05, 3.63) is 0 Å². The minimum absolute atomic E-state index is 0.440. The standard InChI is InChI=1S/C14H29N3O2S/c1-20(18,19)17-10-8-16(9-11-17)14(12-15)13-6-4-2-3-5-7-13/h13-14H,2-12,15H2,1H3. The van der Waals surface area contributed by atoms with Crippen molar-refractivity contribution in [3.8, 4) is 0 Å². The Hall–Kier alpha value is -0.170. The first-order chi connectivity index (χ1) is 9.52. The SMILES string of the molecule is CS(=O)(=O)N1CCN(C(CN)C2CCCCCC2)CC1. The molecule has 1 heterocycles. The van der Waals surface area contributed by atoms with E-state index in [-0.39, 0.29) is 0 Å². The van der Waals surface area contributed by atoms with E-state index in [1.807, 2.05) is 0 Å². The Morgan fingerprint density at radius 1 is 1.05 bits per heavy atom. The Balaban J connectivity index is 1.92. The molecule has 2 N–H and O–H groups in total. The summed E-state index contributed by atoms with van der Waals surface area (Å²) >= 11 is 0. The summed E-state index contributed by atoms with van der Waals surface area (Å²) in [6.45, 7) is 3.57. The molecule has 118 valence electrons. The molecule has 0 aromatic carbocycles.